The van der Waals surface area contributed by atoms with Gasteiger partial charge in [-0.1, -0.05) is 35.0 Å². The van der Waals surface area contributed by atoms with Crippen LogP contribution >= 0.6 is 27.7 Å². The van der Waals surface area contributed by atoms with Gasteiger partial charge in [0.2, 0.25) is 0 Å². The zero-order valence-electron chi connectivity index (χ0n) is 11.4. The van der Waals surface area contributed by atoms with Gasteiger partial charge in [-0.25, -0.2) is 0 Å². The Morgan fingerprint density at radius 1 is 1.42 bits per heavy atom. The smallest absolute Gasteiger partial charge is 0.0821 e. The highest BCUT2D eigenvalue weighted by atomic mass is 79.9. The summed E-state index contributed by atoms with van der Waals surface area (Å²) >= 11 is 5.49. The molecule has 2 rings (SSSR count). The van der Waals surface area contributed by atoms with Crippen LogP contribution in [0.25, 0.3) is 0 Å². The summed E-state index contributed by atoms with van der Waals surface area (Å²) in [4.78, 5) is 0. The standard InChI is InChI=1S/C15H22BrNOS/c1-2-7-17-14(15-11-19-9-8-18-15)10-12-3-5-13(16)6-4-12/h3-6,14-15,17H,2,7-11H2,1H3. The topological polar surface area (TPSA) is 21.3 Å². The summed E-state index contributed by atoms with van der Waals surface area (Å²) in [5.74, 6) is 2.24. The average molecular weight is 344 g/mol. The van der Waals surface area contributed by atoms with Crippen molar-refractivity contribution in [2.24, 2.45) is 0 Å². The lowest BCUT2D eigenvalue weighted by Crippen LogP contribution is -2.46. The number of thioether (sulfide) groups is 1. The van der Waals surface area contributed by atoms with Gasteiger partial charge in [-0.15, -0.1) is 0 Å². The third kappa shape index (κ3) is 5.10. The fraction of sp³-hybridized carbons (Fsp3) is 0.600. The van der Waals surface area contributed by atoms with Crippen molar-refractivity contribution in [1.29, 1.82) is 0 Å². The number of rotatable bonds is 6. The maximum atomic E-state index is 5.94. The molecule has 19 heavy (non-hydrogen) atoms. The summed E-state index contributed by atoms with van der Waals surface area (Å²) in [7, 11) is 0. The molecule has 1 saturated heterocycles. The molecule has 2 nitrogen and oxygen atoms in total. The van der Waals surface area contributed by atoms with Gasteiger partial charge >= 0.3 is 0 Å². The van der Waals surface area contributed by atoms with Gasteiger partial charge in [-0.3, -0.25) is 0 Å². The predicted molar refractivity (Wildman–Crippen MR) is 87.0 cm³/mol. The van der Waals surface area contributed by atoms with Crippen LogP contribution in [0.4, 0.5) is 0 Å². The quantitative estimate of drug-likeness (QED) is 0.854. The van der Waals surface area contributed by atoms with Crippen molar-refractivity contribution in [2.45, 2.75) is 31.9 Å². The van der Waals surface area contributed by atoms with Crippen LogP contribution in [0, 0.1) is 0 Å². The van der Waals surface area contributed by atoms with Crippen LogP contribution < -0.4 is 5.32 Å². The van der Waals surface area contributed by atoms with Crippen molar-refractivity contribution < 1.29 is 4.74 Å². The molecule has 1 aromatic carbocycles. The van der Waals surface area contributed by atoms with Gasteiger partial charge in [0.25, 0.3) is 0 Å². The second kappa shape index (κ2) is 8.30. The van der Waals surface area contributed by atoms with E-state index >= 15 is 0 Å². The summed E-state index contributed by atoms with van der Waals surface area (Å²) < 4.78 is 7.08. The van der Waals surface area contributed by atoms with Gasteiger partial charge in [0.05, 0.1) is 12.7 Å². The van der Waals surface area contributed by atoms with Crippen molar-refractivity contribution in [3.63, 3.8) is 0 Å². The SMILES string of the molecule is CCCNC(Cc1ccc(Br)cc1)C1CSCCO1. The Labute approximate surface area is 128 Å². The van der Waals surface area contributed by atoms with E-state index in [-0.39, 0.29) is 0 Å². The summed E-state index contributed by atoms with van der Waals surface area (Å²) in [6.07, 6.45) is 2.55. The van der Waals surface area contributed by atoms with Gasteiger partial charge in [0.15, 0.2) is 0 Å². The Morgan fingerprint density at radius 2 is 2.21 bits per heavy atom. The predicted octanol–water partition coefficient (Wildman–Crippen LogP) is 3.49. The molecule has 0 bridgehead atoms. The molecule has 0 radical (unpaired) electrons. The molecule has 1 aliphatic heterocycles. The van der Waals surface area contributed by atoms with E-state index in [4.69, 9.17) is 4.74 Å². The van der Waals surface area contributed by atoms with Crippen molar-refractivity contribution in [3.05, 3.63) is 34.3 Å². The molecule has 0 amide bonds. The number of benzene rings is 1. The first-order valence-corrected chi connectivity index (χ1v) is 8.91. The van der Waals surface area contributed by atoms with Crippen LogP contribution in [0.5, 0.6) is 0 Å². The minimum Gasteiger partial charge on any atom is -0.375 e. The lowest BCUT2D eigenvalue weighted by molar-refractivity contribution is 0.0472. The molecule has 1 heterocycles. The highest BCUT2D eigenvalue weighted by Gasteiger charge is 2.24. The zero-order valence-corrected chi connectivity index (χ0v) is 13.8. The number of ether oxygens (including phenoxy) is 1. The van der Waals surface area contributed by atoms with Crippen LogP contribution in [0.15, 0.2) is 28.7 Å². The van der Waals surface area contributed by atoms with Gasteiger partial charge in [-0.2, -0.15) is 11.8 Å². The fourth-order valence-electron chi connectivity index (χ4n) is 2.28. The number of hydrogen-bond donors (Lipinski definition) is 1. The molecule has 1 aliphatic rings. The first-order valence-electron chi connectivity index (χ1n) is 6.96. The number of hydrogen-bond acceptors (Lipinski definition) is 3. The Bertz CT molecular complexity index is 365. The van der Waals surface area contributed by atoms with E-state index < -0.39 is 0 Å². The molecule has 1 aromatic rings. The summed E-state index contributed by atoms with van der Waals surface area (Å²) in [6, 6.07) is 9.04. The van der Waals surface area contributed by atoms with Crippen LogP contribution in [0.3, 0.4) is 0 Å². The molecule has 0 aliphatic carbocycles. The van der Waals surface area contributed by atoms with Gasteiger partial charge < -0.3 is 10.1 Å². The summed E-state index contributed by atoms with van der Waals surface area (Å²) in [5.41, 5.74) is 1.37. The van der Waals surface area contributed by atoms with E-state index in [2.05, 4.69) is 52.4 Å². The van der Waals surface area contributed by atoms with E-state index in [0.29, 0.717) is 12.1 Å². The largest absolute Gasteiger partial charge is 0.375 e. The average Bonchev–Trinajstić information content (AvgIpc) is 2.46. The monoisotopic (exact) mass is 343 g/mol. The van der Waals surface area contributed by atoms with Gasteiger partial charge in [0.1, 0.15) is 0 Å². The lowest BCUT2D eigenvalue weighted by atomic mass is 10.0. The Morgan fingerprint density at radius 3 is 2.84 bits per heavy atom. The van der Waals surface area contributed by atoms with E-state index in [1.54, 1.807) is 0 Å². The second-order valence-corrected chi connectivity index (χ2v) is 6.94. The van der Waals surface area contributed by atoms with Crippen LogP contribution in [0.1, 0.15) is 18.9 Å². The van der Waals surface area contributed by atoms with Gasteiger partial charge in [-0.05, 0) is 37.1 Å². The molecule has 4 heteroatoms. The van der Waals surface area contributed by atoms with E-state index in [9.17, 15) is 0 Å². The Hall–Kier alpha value is -0.0300. The molecule has 2 unspecified atom stereocenters. The first kappa shape index (κ1) is 15.4. The lowest BCUT2D eigenvalue weighted by Gasteiger charge is -2.31. The second-order valence-electron chi connectivity index (χ2n) is 4.88. The fourth-order valence-corrected chi connectivity index (χ4v) is 3.48. The van der Waals surface area contributed by atoms with E-state index in [1.807, 2.05) is 11.8 Å². The van der Waals surface area contributed by atoms with Crippen LogP contribution in [0.2, 0.25) is 0 Å². The van der Waals surface area contributed by atoms with Crippen LogP contribution in [-0.4, -0.2) is 36.8 Å². The maximum absolute atomic E-state index is 5.94. The van der Waals surface area contributed by atoms with Crippen molar-refractivity contribution in [3.8, 4) is 0 Å². The molecule has 0 aromatic heterocycles. The van der Waals surface area contributed by atoms with Gasteiger partial charge in [0, 0.05) is 22.0 Å². The number of halogens is 1. The maximum Gasteiger partial charge on any atom is 0.0821 e. The number of nitrogens with one attached hydrogen (secondary N) is 1. The first-order chi connectivity index (χ1) is 9.29. The molecule has 1 fully saturated rings. The summed E-state index contributed by atoms with van der Waals surface area (Å²) in [5, 5.41) is 3.65. The van der Waals surface area contributed by atoms with Crippen molar-refractivity contribution in [1.82, 2.24) is 5.32 Å². The highest BCUT2D eigenvalue weighted by Crippen LogP contribution is 2.19. The molecular formula is C15H22BrNOS. The molecule has 1 N–H and O–H groups in total. The third-order valence-electron chi connectivity index (χ3n) is 3.32. The Balaban J connectivity index is 1.97. The molecule has 2 atom stereocenters. The van der Waals surface area contributed by atoms with Crippen LogP contribution in [-0.2, 0) is 11.2 Å². The van der Waals surface area contributed by atoms with Crippen molar-refractivity contribution in [2.75, 3.05) is 24.7 Å². The van der Waals surface area contributed by atoms with E-state index in [0.717, 1.165) is 42.0 Å². The minimum absolute atomic E-state index is 0.342. The Kier molecular flexibility index (Phi) is 6.71. The molecule has 0 saturated carbocycles. The summed E-state index contributed by atoms with van der Waals surface area (Å²) in [6.45, 7) is 4.16. The van der Waals surface area contributed by atoms with Crippen molar-refractivity contribution >= 4 is 27.7 Å². The zero-order chi connectivity index (χ0) is 13.5. The normalized spacial score (nSPS) is 21.3. The third-order valence-corrected chi connectivity index (χ3v) is 4.86. The van der Waals surface area contributed by atoms with E-state index in [1.165, 1.54) is 5.56 Å². The molecular weight excluding hydrogens is 322 g/mol. The molecule has 106 valence electrons. The highest BCUT2D eigenvalue weighted by molar-refractivity contribution is 9.10. The molecule has 0 spiro atoms. The minimum atomic E-state index is 0.342.